The third kappa shape index (κ3) is 1.61. The largest absolute Gasteiger partial charge is 0.444 e. The highest BCUT2D eigenvalue weighted by Gasteiger charge is 2.24. The van der Waals surface area contributed by atoms with Crippen LogP contribution < -0.4 is 5.32 Å². The fourth-order valence-electron chi connectivity index (χ4n) is 1.49. The summed E-state index contributed by atoms with van der Waals surface area (Å²) in [7, 11) is 1.93. The quantitative estimate of drug-likeness (QED) is 0.775. The van der Waals surface area contributed by atoms with Gasteiger partial charge in [0.1, 0.15) is 5.76 Å². The van der Waals surface area contributed by atoms with Crippen molar-refractivity contribution in [1.82, 2.24) is 10.3 Å². The Morgan fingerprint density at radius 1 is 1.62 bits per heavy atom. The number of aromatic nitrogens is 1. The first-order valence-electron chi connectivity index (χ1n) is 4.94. The number of hydrogen-bond donors (Lipinski definition) is 1. The second-order valence-electron chi connectivity index (χ2n) is 3.74. The van der Waals surface area contributed by atoms with E-state index >= 15 is 0 Å². The Bertz CT molecular complexity index is 259. The third-order valence-corrected chi connectivity index (χ3v) is 2.86. The molecule has 1 unspecified atom stereocenters. The second-order valence-corrected chi connectivity index (χ2v) is 3.74. The van der Waals surface area contributed by atoms with Crippen LogP contribution in [0, 0.1) is 0 Å². The van der Waals surface area contributed by atoms with Crippen LogP contribution in [0.15, 0.2) is 10.6 Å². The fourth-order valence-corrected chi connectivity index (χ4v) is 1.49. The summed E-state index contributed by atoms with van der Waals surface area (Å²) in [4.78, 5) is 4.30. The van der Waals surface area contributed by atoms with Crippen LogP contribution in [0.4, 0.5) is 0 Å². The molecule has 0 aliphatic heterocycles. The molecule has 1 aromatic rings. The molecule has 3 heteroatoms. The maximum atomic E-state index is 5.67. The summed E-state index contributed by atoms with van der Waals surface area (Å²) in [5, 5.41) is 3.14. The first kappa shape index (κ1) is 8.75. The average Bonchev–Trinajstić information content (AvgIpc) is 2.49. The lowest BCUT2D eigenvalue weighted by atomic mass is 9.85. The van der Waals surface area contributed by atoms with Crippen LogP contribution in [0.1, 0.15) is 49.8 Å². The Kier molecular flexibility index (Phi) is 2.36. The number of nitrogens with zero attached hydrogens (tertiary/aromatic N) is 1. The van der Waals surface area contributed by atoms with Crippen LogP contribution in [0.5, 0.6) is 0 Å². The van der Waals surface area contributed by atoms with Gasteiger partial charge in [-0.3, -0.25) is 0 Å². The molecule has 1 atom stereocenters. The molecule has 3 nitrogen and oxygen atoms in total. The van der Waals surface area contributed by atoms with Gasteiger partial charge in [-0.25, -0.2) is 4.98 Å². The van der Waals surface area contributed by atoms with E-state index < -0.39 is 0 Å². The number of oxazole rings is 1. The van der Waals surface area contributed by atoms with E-state index in [0.717, 1.165) is 11.7 Å². The van der Waals surface area contributed by atoms with Gasteiger partial charge in [0, 0.05) is 5.92 Å². The van der Waals surface area contributed by atoms with Crippen molar-refractivity contribution in [3.8, 4) is 0 Å². The van der Waals surface area contributed by atoms with Crippen molar-refractivity contribution in [2.45, 2.75) is 38.1 Å². The molecule has 0 amide bonds. The zero-order valence-electron chi connectivity index (χ0n) is 8.21. The summed E-state index contributed by atoms with van der Waals surface area (Å²) in [5.74, 6) is 2.48. The molecule has 72 valence electrons. The zero-order valence-corrected chi connectivity index (χ0v) is 8.21. The minimum absolute atomic E-state index is 0.265. The Balaban J connectivity index is 2.08. The van der Waals surface area contributed by atoms with Crippen molar-refractivity contribution < 1.29 is 4.42 Å². The van der Waals surface area contributed by atoms with Crippen LogP contribution in [0.25, 0.3) is 0 Å². The van der Waals surface area contributed by atoms with Gasteiger partial charge < -0.3 is 9.73 Å². The summed E-state index contributed by atoms with van der Waals surface area (Å²) < 4.78 is 5.67. The van der Waals surface area contributed by atoms with Gasteiger partial charge in [0.2, 0.25) is 0 Å². The molecule has 13 heavy (non-hydrogen) atoms. The second kappa shape index (κ2) is 3.50. The van der Waals surface area contributed by atoms with Gasteiger partial charge in [0.05, 0.1) is 12.2 Å². The maximum absolute atomic E-state index is 5.67. The highest BCUT2D eigenvalue weighted by atomic mass is 16.4. The van der Waals surface area contributed by atoms with Gasteiger partial charge in [-0.05, 0) is 26.8 Å². The van der Waals surface area contributed by atoms with Gasteiger partial charge in [-0.1, -0.05) is 6.42 Å². The van der Waals surface area contributed by atoms with E-state index in [2.05, 4.69) is 17.2 Å². The molecule has 1 saturated carbocycles. The monoisotopic (exact) mass is 180 g/mol. The van der Waals surface area contributed by atoms with Crippen molar-refractivity contribution in [3.63, 3.8) is 0 Å². The molecule has 1 fully saturated rings. The SMILES string of the molecule is CNC(C)c1cnc(C2CCC2)o1. The molecule has 1 N–H and O–H groups in total. The van der Waals surface area contributed by atoms with Crippen LogP contribution in [-0.4, -0.2) is 12.0 Å². The smallest absolute Gasteiger partial charge is 0.197 e. The predicted molar refractivity (Wildman–Crippen MR) is 50.6 cm³/mol. The summed E-state index contributed by atoms with van der Waals surface area (Å²) in [6.45, 7) is 2.07. The highest BCUT2D eigenvalue weighted by Crippen LogP contribution is 2.36. The summed E-state index contributed by atoms with van der Waals surface area (Å²) in [6.07, 6.45) is 5.65. The molecular weight excluding hydrogens is 164 g/mol. The summed E-state index contributed by atoms with van der Waals surface area (Å²) in [5.41, 5.74) is 0. The number of hydrogen-bond acceptors (Lipinski definition) is 3. The summed E-state index contributed by atoms with van der Waals surface area (Å²) >= 11 is 0. The molecule has 2 rings (SSSR count). The fraction of sp³-hybridized carbons (Fsp3) is 0.700. The Morgan fingerprint density at radius 3 is 2.92 bits per heavy atom. The maximum Gasteiger partial charge on any atom is 0.197 e. The average molecular weight is 180 g/mol. The van der Waals surface area contributed by atoms with Crippen molar-refractivity contribution in [2.75, 3.05) is 7.05 Å². The first-order valence-corrected chi connectivity index (χ1v) is 4.94. The molecule has 0 aromatic carbocycles. The van der Waals surface area contributed by atoms with Crippen molar-refractivity contribution in [3.05, 3.63) is 17.8 Å². The van der Waals surface area contributed by atoms with Crippen molar-refractivity contribution >= 4 is 0 Å². The van der Waals surface area contributed by atoms with Gasteiger partial charge in [0.15, 0.2) is 5.89 Å². The third-order valence-electron chi connectivity index (χ3n) is 2.86. The molecular formula is C10H16N2O. The van der Waals surface area contributed by atoms with Gasteiger partial charge >= 0.3 is 0 Å². The van der Waals surface area contributed by atoms with Crippen LogP contribution in [0.3, 0.4) is 0 Å². The lowest BCUT2D eigenvalue weighted by molar-refractivity contribution is 0.316. The normalized spacial score (nSPS) is 19.8. The molecule has 1 aromatic heterocycles. The van der Waals surface area contributed by atoms with E-state index in [1.165, 1.54) is 19.3 Å². The molecule has 1 aliphatic carbocycles. The first-order chi connectivity index (χ1) is 6.31. The van der Waals surface area contributed by atoms with Gasteiger partial charge in [0.25, 0.3) is 0 Å². The molecule has 1 heterocycles. The minimum atomic E-state index is 0.265. The van der Waals surface area contributed by atoms with E-state index in [1.807, 2.05) is 13.2 Å². The van der Waals surface area contributed by atoms with Gasteiger partial charge in [-0.2, -0.15) is 0 Å². The summed E-state index contributed by atoms with van der Waals surface area (Å²) in [6, 6.07) is 0.265. The Hall–Kier alpha value is -0.830. The standard InChI is InChI=1S/C10H16N2O/c1-7(11-2)9-6-12-10(13-9)8-4-3-5-8/h6-8,11H,3-5H2,1-2H3. The van der Waals surface area contributed by atoms with E-state index in [9.17, 15) is 0 Å². The molecule has 0 bridgehead atoms. The lowest BCUT2D eigenvalue weighted by Crippen LogP contribution is -2.11. The van der Waals surface area contributed by atoms with E-state index in [-0.39, 0.29) is 6.04 Å². The van der Waals surface area contributed by atoms with Crippen LogP contribution in [0.2, 0.25) is 0 Å². The van der Waals surface area contributed by atoms with Gasteiger partial charge in [-0.15, -0.1) is 0 Å². The topological polar surface area (TPSA) is 38.1 Å². The predicted octanol–water partition coefficient (Wildman–Crippen LogP) is 2.22. The van der Waals surface area contributed by atoms with E-state index in [4.69, 9.17) is 4.42 Å². The van der Waals surface area contributed by atoms with Crippen molar-refractivity contribution in [2.24, 2.45) is 0 Å². The Labute approximate surface area is 78.5 Å². The lowest BCUT2D eigenvalue weighted by Gasteiger charge is -2.21. The van der Waals surface area contributed by atoms with Crippen molar-refractivity contribution in [1.29, 1.82) is 0 Å². The highest BCUT2D eigenvalue weighted by molar-refractivity contribution is 5.04. The van der Waals surface area contributed by atoms with E-state index in [1.54, 1.807) is 0 Å². The number of nitrogens with one attached hydrogen (secondary N) is 1. The molecule has 0 saturated heterocycles. The van der Waals surface area contributed by atoms with Crippen LogP contribution in [-0.2, 0) is 0 Å². The van der Waals surface area contributed by atoms with Crippen LogP contribution >= 0.6 is 0 Å². The molecule has 0 spiro atoms. The minimum Gasteiger partial charge on any atom is -0.444 e. The molecule has 0 radical (unpaired) electrons. The molecule has 1 aliphatic rings. The number of rotatable bonds is 3. The zero-order chi connectivity index (χ0) is 9.26. The van der Waals surface area contributed by atoms with E-state index in [0.29, 0.717) is 5.92 Å². The Morgan fingerprint density at radius 2 is 2.38 bits per heavy atom.